The number of fused-ring (bicyclic) bond motifs is 1. The molecule has 0 saturated heterocycles. The Morgan fingerprint density at radius 1 is 1.44 bits per heavy atom. The number of thiazole rings is 1. The average molecular weight is 258 g/mol. The van der Waals surface area contributed by atoms with Crippen molar-refractivity contribution in [3.8, 4) is 5.75 Å². The summed E-state index contributed by atoms with van der Waals surface area (Å²) in [6, 6.07) is 3.42. The molecule has 0 N–H and O–H groups in total. The van der Waals surface area contributed by atoms with Gasteiger partial charge in [-0.15, -0.1) is 11.3 Å². The first kappa shape index (κ1) is 11.2. The second-order valence-electron chi connectivity index (χ2n) is 2.95. The number of rotatable bonds is 2. The first-order valence-electron chi connectivity index (χ1n) is 4.38. The lowest BCUT2D eigenvalue weighted by atomic mass is 10.2. The standard InChI is InChI=1S/C10H8ClNO3S/c1-14-6-4-3-5-8(16-10(11)12-5)7(6)9(13)15-2/h3-4H,1-2H3. The molecule has 0 radical (unpaired) electrons. The maximum Gasteiger partial charge on any atom is 0.343 e. The van der Waals surface area contributed by atoms with Crippen LogP contribution in [0.1, 0.15) is 10.4 Å². The quantitative estimate of drug-likeness (QED) is 0.776. The molecular formula is C10H8ClNO3S. The van der Waals surface area contributed by atoms with Crippen molar-refractivity contribution in [3.05, 3.63) is 22.2 Å². The van der Waals surface area contributed by atoms with E-state index in [0.29, 0.717) is 26.0 Å². The zero-order valence-corrected chi connectivity index (χ0v) is 10.2. The molecular weight excluding hydrogens is 250 g/mol. The molecule has 0 amide bonds. The number of nitrogens with zero attached hydrogens (tertiary/aromatic N) is 1. The van der Waals surface area contributed by atoms with Gasteiger partial charge in [0.2, 0.25) is 0 Å². The van der Waals surface area contributed by atoms with E-state index in [4.69, 9.17) is 21.1 Å². The number of aromatic nitrogens is 1. The normalized spacial score (nSPS) is 10.4. The number of esters is 1. The minimum Gasteiger partial charge on any atom is -0.496 e. The third-order valence-electron chi connectivity index (χ3n) is 2.10. The van der Waals surface area contributed by atoms with Crippen molar-refractivity contribution in [2.24, 2.45) is 0 Å². The Hall–Kier alpha value is -1.33. The van der Waals surface area contributed by atoms with Crippen LogP contribution < -0.4 is 4.74 Å². The molecule has 1 heterocycles. The largest absolute Gasteiger partial charge is 0.496 e. The van der Waals surface area contributed by atoms with Crippen LogP contribution in [-0.2, 0) is 4.74 Å². The monoisotopic (exact) mass is 257 g/mol. The molecule has 16 heavy (non-hydrogen) atoms. The molecule has 4 nitrogen and oxygen atoms in total. The van der Waals surface area contributed by atoms with Crippen molar-refractivity contribution in [3.63, 3.8) is 0 Å². The lowest BCUT2D eigenvalue weighted by molar-refractivity contribution is 0.0599. The van der Waals surface area contributed by atoms with E-state index in [1.54, 1.807) is 12.1 Å². The van der Waals surface area contributed by atoms with Gasteiger partial charge in [-0.1, -0.05) is 11.6 Å². The van der Waals surface area contributed by atoms with Crippen molar-refractivity contribution < 1.29 is 14.3 Å². The fourth-order valence-corrected chi connectivity index (χ4v) is 2.55. The summed E-state index contributed by atoms with van der Waals surface area (Å²) in [6.07, 6.45) is 0. The summed E-state index contributed by atoms with van der Waals surface area (Å²) in [4.78, 5) is 15.7. The van der Waals surface area contributed by atoms with Gasteiger partial charge in [0, 0.05) is 0 Å². The number of carbonyl (C=O) groups is 1. The van der Waals surface area contributed by atoms with E-state index in [1.807, 2.05) is 0 Å². The lowest BCUT2D eigenvalue weighted by Crippen LogP contribution is -2.04. The van der Waals surface area contributed by atoms with Gasteiger partial charge in [0.05, 0.1) is 24.4 Å². The van der Waals surface area contributed by atoms with Gasteiger partial charge in [-0.25, -0.2) is 9.78 Å². The fraction of sp³-hybridized carbons (Fsp3) is 0.200. The Bertz CT molecular complexity index is 552. The number of methoxy groups -OCH3 is 2. The Balaban J connectivity index is 2.77. The van der Waals surface area contributed by atoms with Crippen LogP contribution in [0, 0.1) is 0 Å². The summed E-state index contributed by atoms with van der Waals surface area (Å²) in [5.74, 6) is 0.00225. The van der Waals surface area contributed by atoms with Crippen LogP contribution in [0.15, 0.2) is 12.1 Å². The molecule has 2 rings (SSSR count). The highest BCUT2D eigenvalue weighted by Crippen LogP contribution is 2.34. The summed E-state index contributed by atoms with van der Waals surface area (Å²) in [5, 5.41) is 0. The Labute approximate surface area is 101 Å². The van der Waals surface area contributed by atoms with Gasteiger partial charge in [0.15, 0.2) is 4.47 Å². The SMILES string of the molecule is COC(=O)c1c(OC)ccc2nc(Cl)sc12. The van der Waals surface area contributed by atoms with Gasteiger partial charge >= 0.3 is 5.97 Å². The number of ether oxygens (including phenoxy) is 2. The first-order chi connectivity index (χ1) is 7.67. The molecule has 1 aromatic carbocycles. The van der Waals surface area contributed by atoms with Crippen molar-refractivity contribution in [1.29, 1.82) is 0 Å². The Kier molecular flexibility index (Phi) is 2.98. The second kappa shape index (κ2) is 4.27. The maximum atomic E-state index is 11.6. The van der Waals surface area contributed by atoms with Crippen LogP contribution in [0.5, 0.6) is 5.75 Å². The number of halogens is 1. The molecule has 84 valence electrons. The first-order valence-corrected chi connectivity index (χ1v) is 5.58. The highest BCUT2D eigenvalue weighted by Gasteiger charge is 2.19. The minimum atomic E-state index is -0.456. The summed E-state index contributed by atoms with van der Waals surface area (Å²) >= 11 is 7.04. The molecule has 0 spiro atoms. The van der Waals surface area contributed by atoms with Crippen molar-refractivity contribution in [2.45, 2.75) is 0 Å². The minimum absolute atomic E-state index is 0.368. The van der Waals surface area contributed by atoms with Gasteiger partial charge in [-0.05, 0) is 12.1 Å². The molecule has 0 aliphatic rings. The Morgan fingerprint density at radius 2 is 2.19 bits per heavy atom. The highest BCUT2D eigenvalue weighted by molar-refractivity contribution is 7.22. The smallest absolute Gasteiger partial charge is 0.343 e. The van der Waals surface area contributed by atoms with E-state index >= 15 is 0 Å². The molecule has 2 aromatic rings. The third-order valence-corrected chi connectivity index (χ3v) is 3.30. The number of hydrogen-bond acceptors (Lipinski definition) is 5. The van der Waals surface area contributed by atoms with E-state index in [2.05, 4.69) is 4.98 Å². The molecule has 6 heteroatoms. The summed E-state index contributed by atoms with van der Waals surface area (Å²) in [5.41, 5.74) is 1.03. The molecule has 0 saturated carbocycles. The van der Waals surface area contributed by atoms with Gasteiger partial charge in [-0.3, -0.25) is 0 Å². The van der Waals surface area contributed by atoms with E-state index < -0.39 is 5.97 Å². The van der Waals surface area contributed by atoms with Crippen LogP contribution >= 0.6 is 22.9 Å². The molecule has 0 unspecified atom stereocenters. The molecule has 0 aliphatic carbocycles. The van der Waals surface area contributed by atoms with Crippen LogP contribution in [0.3, 0.4) is 0 Å². The molecule has 0 aliphatic heterocycles. The molecule has 0 fully saturated rings. The maximum absolute atomic E-state index is 11.6. The van der Waals surface area contributed by atoms with Crippen molar-refractivity contribution in [1.82, 2.24) is 4.98 Å². The topological polar surface area (TPSA) is 48.4 Å². The van der Waals surface area contributed by atoms with Crippen LogP contribution in [0.4, 0.5) is 0 Å². The third kappa shape index (κ3) is 1.72. The van der Waals surface area contributed by atoms with Gasteiger partial charge < -0.3 is 9.47 Å². The average Bonchev–Trinajstić information content (AvgIpc) is 2.66. The van der Waals surface area contributed by atoms with E-state index in [0.717, 1.165) is 0 Å². The van der Waals surface area contributed by atoms with E-state index in [1.165, 1.54) is 25.6 Å². The molecule has 0 bridgehead atoms. The predicted molar refractivity (Wildman–Crippen MR) is 62.5 cm³/mol. The van der Waals surface area contributed by atoms with Gasteiger partial charge in [0.25, 0.3) is 0 Å². The summed E-state index contributed by atoms with van der Waals surface area (Å²) in [6.45, 7) is 0. The molecule has 0 atom stereocenters. The van der Waals surface area contributed by atoms with Gasteiger partial charge in [-0.2, -0.15) is 0 Å². The lowest BCUT2D eigenvalue weighted by Gasteiger charge is -2.06. The number of hydrogen-bond donors (Lipinski definition) is 0. The van der Waals surface area contributed by atoms with Crippen molar-refractivity contribution >= 4 is 39.1 Å². The van der Waals surface area contributed by atoms with Gasteiger partial charge in [0.1, 0.15) is 11.3 Å². The van der Waals surface area contributed by atoms with Crippen LogP contribution in [-0.4, -0.2) is 25.2 Å². The molecule has 1 aromatic heterocycles. The zero-order valence-electron chi connectivity index (χ0n) is 8.61. The second-order valence-corrected chi connectivity index (χ2v) is 4.53. The fourth-order valence-electron chi connectivity index (χ4n) is 1.41. The Morgan fingerprint density at radius 3 is 2.81 bits per heavy atom. The van der Waals surface area contributed by atoms with E-state index in [9.17, 15) is 4.79 Å². The van der Waals surface area contributed by atoms with Crippen LogP contribution in [0.25, 0.3) is 10.2 Å². The summed E-state index contributed by atoms with van der Waals surface area (Å²) < 4.78 is 10.9. The van der Waals surface area contributed by atoms with E-state index in [-0.39, 0.29) is 0 Å². The van der Waals surface area contributed by atoms with Crippen LogP contribution in [0.2, 0.25) is 4.47 Å². The highest BCUT2D eigenvalue weighted by atomic mass is 35.5. The zero-order chi connectivity index (χ0) is 11.7. The summed E-state index contributed by atoms with van der Waals surface area (Å²) in [7, 11) is 2.82. The van der Waals surface area contributed by atoms with Crippen molar-refractivity contribution in [2.75, 3.05) is 14.2 Å². The number of benzene rings is 1. The number of carbonyl (C=O) groups excluding carboxylic acids is 1. The predicted octanol–water partition coefficient (Wildman–Crippen LogP) is 2.74.